The summed E-state index contributed by atoms with van der Waals surface area (Å²) >= 11 is 0. The maximum Gasteiger partial charge on any atom is 0.359 e. The van der Waals surface area contributed by atoms with E-state index < -0.39 is 36.1 Å². The Morgan fingerprint density at radius 1 is 0.841 bits per heavy atom. The molecule has 1 atom stereocenters. The summed E-state index contributed by atoms with van der Waals surface area (Å²) in [5.74, 6) is -1.98. The second-order valence-electron chi connectivity index (χ2n) is 17.6. The van der Waals surface area contributed by atoms with Gasteiger partial charge >= 0.3 is 5.97 Å². The molecule has 13 heteroatoms. The zero-order chi connectivity index (χ0) is 45.1. The number of unbranched alkanes of at least 4 members (excludes halogenated alkanes) is 1. The highest BCUT2D eigenvalue weighted by atomic mass is 32.2. The van der Waals surface area contributed by atoms with E-state index in [0.717, 1.165) is 35.0 Å². The van der Waals surface area contributed by atoms with Crippen LogP contribution in [0.2, 0.25) is 18.1 Å². The van der Waals surface area contributed by atoms with Crippen molar-refractivity contribution in [2.24, 2.45) is 0 Å². The van der Waals surface area contributed by atoms with E-state index in [2.05, 4.69) is 51.6 Å². The van der Waals surface area contributed by atoms with Gasteiger partial charge in [0.1, 0.15) is 0 Å². The number of fused-ring (bicyclic) bond motifs is 2. The number of para-hydroxylation sites is 1. The molecule has 1 aliphatic heterocycles. The topological polar surface area (TPSA) is 137 Å². The number of nitrogens with zero attached hydrogens (tertiary/aromatic N) is 3. The number of amides is 2. The van der Waals surface area contributed by atoms with Crippen molar-refractivity contribution in [2.45, 2.75) is 95.9 Å². The van der Waals surface area contributed by atoms with E-state index in [0.29, 0.717) is 35.0 Å². The molecule has 1 unspecified atom stereocenters. The standard InChI is InChI=1S/C50H56N4O7SSi/c1-8-10-24-44-45(46(49(57)60-9-2)51-54(44)39-22-12-11-13-23-39)42-28-26-37(47(55)52-62(58,59)41-27-25-34-18-14-15-20-36(34)30-41)31-43(42)48(56)53-32-38-21-17-16-19-35(38)29-40(53)33-61-63(6,7)50(3,4)5/h11-23,25-28,30-31,40H,8-10,24,29,32-33H2,1-7H3,(H,52,55). The number of carbonyl (C=O) groups is 3. The Morgan fingerprint density at radius 3 is 2.22 bits per heavy atom. The highest BCUT2D eigenvalue weighted by molar-refractivity contribution is 7.90. The molecular formula is C50H56N4O7SSi. The van der Waals surface area contributed by atoms with Gasteiger partial charge in [-0.2, -0.15) is 5.10 Å². The molecule has 7 rings (SSSR count). The zero-order valence-corrected chi connectivity index (χ0v) is 38.9. The van der Waals surface area contributed by atoms with Crippen molar-refractivity contribution in [3.63, 3.8) is 0 Å². The van der Waals surface area contributed by atoms with E-state index in [4.69, 9.17) is 14.3 Å². The van der Waals surface area contributed by atoms with Gasteiger partial charge in [0.15, 0.2) is 14.0 Å². The lowest BCUT2D eigenvalue weighted by Gasteiger charge is -2.41. The molecule has 6 aromatic rings. The quantitative estimate of drug-likeness (QED) is 0.0844. The van der Waals surface area contributed by atoms with Crippen LogP contribution in [0.15, 0.2) is 120 Å². The molecule has 2 heterocycles. The predicted octanol–water partition coefficient (Wildman–Crippen LogP) is 9.92. The Labute approximate surface area is 371 Å². The molecule has 0 radical (unpaired) electrons. The summed E-state index contributed by atoms with van der Waals surface area (Å²) < 4.78 is 43.9. The van der Waals surface area contributed by atoms with E-state index in [1.165, 1.54) is 24.3 Å². The molecular weight excluding hydrogens is 829 g/mol. The number of sulfonamides is 1. The first kappa shape index (κ1) is 45.1. The molecule has 0 bridgehead atoms. The molecule has 0 spiro atoms. The zero-order valence-electron chi connectivity index (χ0n) is 37.1. The van der Waals surface area contributed by atoms with Crippen LogP contribution in [0.4, 0.5) is 0 Å². The molecule has 1 aliphatic rings. The van der Waals surface area contributed by atoms with E-state index in [9.17, 15) is 18.0 Å². The Kier molecular flexibility index (Phi) is 13.2. The summed E-state index contributed by atoms with van der Waals surface area (Å²) in [5, 5.41) is 6.35. The Bertz CT molecular complexity index is 2780. The lowest BCUT2D eigenvalue weighted by Crippen LogP contribution is -2.50. The van der Waals surface area contributed by atoms with Crippen LogP contribution in [-0.2, 0) is 38.6 Å². The largest absolute Gasteiger partial charge is 0.461 e. The van der Waals surface area contributed by atoms with Crippen LogP contribution in [0.25, 0.3) is 27.6 Å². The van der Waals surface area contributed by atoms with Crippen LogP contribution in [0.5, 0.6) is 0 Å². The van der Waals surface area contributed by atoms with Gasteiger partial charge in [0.05, 0.1) is 35.5 Å². The molecule has 1 aromatic heterocycles. The van der Waals surface area contributed by atoms with Crippen LogP contribution < -0.4 is 4.72 Å². The Balaban J connectivity index is 1.40. The maximum absolute atomic E-state index is 15.6. The molecule has 0 saturated heterocycles. The number of ether oxygens (including phenoxy) is 1. The SMILES string of the molecule is CCCCc1c(-c2ccc(C(=O)NS(=O)(=O)c3ccc4ccccc4c3)cc2C(=O)N2Cc3ccccc3CC2CO[Si](C)(C)C(C)(C)C)c(C(=O)OCC)nn1-c1ccccc1. The van der Waals surface area contributed by atoms with Gasteiger partial charge < -0.3 is 14.1 Å². The number of esters is 1. The maximum atomic E-state index is 15.6. The number of nitrogens with one attached hydrogen (secondary N) is 1. The fourth-order valence-electron chi connectivity index (χ4n) is 7.74. The van der Waals surface area contributed by atoms with Gasteiger partial charge in [0, 0.05) is 23.2 Å². The van der Waals surface area contributed by atoms with E-state index in [-0.39, 0.29) is 52.6 Å². The smallest absolute Gasteiger partial charge is 0.359 e. The van der Waals surface area contributed by atoms with Crippen LogP contribution in [-0.4, -0.2) is 68.5 Å². The van der Waals surface area contributed by atoms with Crippen molar-refractivity contribution in [2.75, 3.05) is 13.2 Å². The number of aromatic nitrogens is 2. The lowest BCUT2D eigenvalue weighted by molar-refractivity contribution is 0.0517. The monoisotopic (exact) mass is 884 g/mol. The first-order valence-corrected chi connectivity index (χ1v) is 26.0. The van der Waals surface area contributed by atoms with Crippen LogP contribution in [0.1, 0.15) is 95.5 Å². The molecule has 11 nitrogen and oxygen atoms in total. The van der Waals surface area contributed by atoms with Gasteiger partial charge in [-0.3, -0.25) is 9.59 Å². The summed E-state index contributed by atoms with van der Waals surface area (Å²) in [6, 6.07) is 33.7. The molecule has 63 heavy (non-hydrogen) atoms. The fraction of sp³-hybridized carbons (Fsp3) is 0.320. The molecule has 0 aliphatic carbocycles. The summed E-state index contributed by atoms with van der Waals surface area (Å²) in [6.07, 6.45) is 2.64. The van der Waals surface area contributed by atoms with Crippen LogP contribution in [0, 0.1) is 0 Å². The fourth-order valence-corrected chi connectivity index (χ4v) is 9.79. The third-order valence-corrected chi connectivity index (χ3v) is 18.1. The molecule has 5 aromatic carbocycles. The minimum atomic E-state index is -4.34. The van der Waals surface area contributed by atoms with Gasteiger partial charge in [-0.15, -0.1) is 0 Å². The molecule has 2 amide bonds. The van der Waals surface area contributed by atoms with Gasteiger partial charge in [-0.05, 0) is 108 Å². The molecule has 328 valence electrons. The van der Waals surface area contributed by atoms with Crippen molar-refractivity contribution in [1.29, 1.82) is 0 Å². The van der Waals surface area contributed by atoms with Gasteiger partial charge in [0.2, 0.25) is 0 Å². The van der Waals surface area contributed by atoms with E-state index >= 15 is 4.79 Å². The molecule has 1 N–H and O–H groups in total. The minimum Gasteiger partial charge on any atom is -0.461 e. The number of carbonyl (C=O) groups excluding carboxylic acids is 3. The summed E-state index contributed by atoms with van der Waals surface area (Å²) in [4.78, 5) is 45.5. The van der Waals surface area contributed by atoms with E-state index in [1.807, 2.05) is 66.7 Å². The lowest BCUT2D eigenvalue weighted by atomic mass is 9.90. The Morgan fingerprint density at radius 2 is 1.52 bits per heavy atom. The average Bonchev–Trinajstić information content (AvgIpc) is 3.65. The first-order valence-electron chi connectivity index (χ1n) is 21.6. The van der Waals surface area contributed by atoms with Crippen LogP contribution in [0.3, 0.4) is 0 Å². The van der Waals surface area contributed by atoms with Crippen molar-refractivity contribution in [1.82, 2.24) is 19.4 Å². The third-order valence-electron chi connectivity index (χ3n) is 12.3. The summed E-state index contributed by atoms with van der Waals surface area (Å²) in [5.41, 5.74) is 4.38. The highest BCUT2D eigenvalue weighted by Gasteiger charge is 2.40. The second-order valence-corrected chi connectivity index (χ2v) is 24.1. The number of rotatable bonds is 14. The van der Waals surface area contributed by atoms with Gasteiger partial charge in [-0.1, -0.05) is 113 Å². The minimum absolute atomic E-state index is 0.0266. The third kappa shape index (κ3) is 9.56. The number of benzene rings is 5. The molecule has 0 fully saturated rings. The predicted molar refractivity (Wildman–Crippen MR) is 249 cm³/mol. The molecule has 0 saturated carbocycles. The van der Waals surface area contributed by atoms with Gasteiger partial charge in [0.25, 0.3) is 21.8 Å². The summed E-state index contributed by atoms with van der Waals surface area (Å²) in [6.45, 7) is 15.3. The highest BCUT2D eigenvalue weighted by Crippen LogP contribution is 2.39. The van der Waals surface area contributed by atoms with Crippen molar-refractivity contribution >= 4 is 46.9 Å². The number of hydrogen-bond acceptors (Lipinski definition) is 8. The van der Waals surface area contributed by atoms with Gasteiger partial charge in [-0.25, -0.2) is 22.6 Å². The normalized spacial score (nSPS) is 14.3. The summed E-state index contributed by atoms with van der Waals surface area (Å²) in [7, 11) is -6.61. The van der Waals surface area contributed by atoms with E-state index in [1.54, 1.807) is 34.7 Å². The Hall–Kier alpha value is -5.89. The second kappa shape index (κ2) is 18.4. The van der Waals surface area contributed by atoms with Crippen LogP contribution >= 0.6 is 0 Å². The van der Waals surface area contributed by atoms with Crippen molar-refractivity contribution in [3.8, 4) is 16.8 Å². The average molecular weight is 885 g/mol. The van der Waals surface area contributed by atoms with Crippen molar-refractivity contribution < 1.29 is 32.0 Å². The number of hydrogen-bond donors (Lipinski definition) is 1. The van der Waals surface area contributed by atoms with Crippen molar-refractivity contribution in [3.05, 3.63) is 149 Å². The first-order chi connectivity index (χ1) is 30.0.